The average Bonchev–Trinajstić information content (AvgIpc) is 2.27. The molecule has 5 rings (SSSR count). The Morgan fingerprint density at radius 2 is 1.53 bits per heavy atom. The molecule has 4 fully saturated rings. The van der Waals surface area contributed by atoms with Gasteiger partial charge in [-0.3, -0.25) is 9.80 Å². The third kappa shape index (κ3) is 1.82. The lowest BCUT2D eigenvalue weighted by Gasteiger charge is -2.60. The normalized spacial score (nSPS) is 47.6. The maximum absolute atomic E-state index is 3.77. The Hall–Kier alpha value is -0.380. The van der Waals surface area contributed by atoms with Crippen molar-refractivity contribution < 1.29 is 9.80 Å². The van der Waals surface area contributed by atoms with Crippen LogP contribution in [0.4, 0.5) is 0 Å². The van der Waals surface area contributed by atoms with Crippen molar-refractivity contribution in [2.24, 2.45) is 10.8 Å². The highest BCUT2D eigenvalue weighted by atomic mass is 79.9. The van der Waals surface area contributed by atoms with Gasteiger partial charge in [0.2, 0.25) is 6.17 Å². The second-order valence-electron chi connectivity index (χ2n) is 7.78. The highest BCUT2D eigenvalue weighted by Gasteiger charge is 2.62. The standard InChI is InChI=1S/C16H21BrN2/c1-15-7-16(2)10-18(8-15)14(19(9-15)11-16)12-5-3-4-6-13(12)17/h3-6,14H,7-11H2,1-2H3/p+2. The number of nitrogens with one attached hydrogen (secondary N) is 2. The van der Waals surface area contributed by atoms with E-state index in [0.717, 1.165) is 0 Å². The molecule has 0 aromatic heterocycles. The summed E-state index contributed by atoms with van der Waals surface area (Å²) in [6, 6.07) is 8.84. The Morgan fingerprint density at radius 1 is 1.00 bits per heavy atom. The van der Waals surface area contributed by atoms with Crippen molar-refractivity contribution in [3.05, 3.63) is 34.3 Å². The van der Waals surface area contributed by atoms with Gasteiger partial charge in [-0.1, -0.05) is 28.1 Å². The van der Waals surface area contributed by atoms with Crippen LogP contribution in [0.3, 0.4) is 0 Å². The van der Waals surface area contributed by atoms with Crippen LogP contribution in [0.25, 0.3) is 0 Å². The minimum atomic E-state index is 0.577. The van der Waals surface area contributed by atoms with Crippen LogP contribution in [-0.4, -0.2) is 26.2 Å². The van der Waals surface area contributed by atoms with E-state index in [1.165, 1.54) is 42.6 Å². The van der Waals surface area contributed by atoms with Crippen LogP contribution in [-0.2, 0) is 0 Å². The summed E-state index contributed by atoms with van der Waals surface area (Å²) in [4.78, 5) is 3.63. The van der Waals surface area contributed by atoms with Gasteiger partial charge in [-0.05, 0) is 32.4 Å². The fourth-order valence-electron chi connectivity index (χ4n) is 5.57. The number of quaternary nitrogens is 2. The number of rotatable bonds is 1. The fourth-order valence-corrected chi connectivity index (χ4v) is 6.08. The lowest BCUT2D eigenvalue weighted by molar-refractivity contribution is -1.18. The number of benzene rings is 1. The molecule has 2 N–H and O–H groups in total. The van der Waals surface area contributed by atoms with Crippen molar-refractivity contribution in [2.75, 3.05) is 26.2 Å². The topological polar surface area (TPSA) is 8.88 Å². The minimum absolute atomic E-state index is 0.577. The molecule has 0 saturated carbocycles. The molecular weight excluding hydrogens is 300 g/mol. The summed E-state index contributed by atoms with van der Waals surface area (Å²) in [5.41, 5.74) is 2.67. The van der Waals surface area contributed by atoms with E-state index in [4.69, 9.17) is 0 Å². The predicted octanol–water partition coefficient (Wildman–Crippen LogP) is 0.661. The Kier molecular flexibility index (Phi) is 2.50. The summed E-state index contributed by atoms with van der Waals surface area (Å²) >= 11 is 3.77. The molecule has 4 heterocycles. The number of hydrogen-bond donors (Lipinski definition) is 2. The van der Waals surface area contributed by atoms with Gasteiger partial charge in [0.15, 0.2) is 0 Å². The van der Waals surface area contributed by atoms with E-state index in [1.807, 2.05) is 9.80 Å². The van der Waals surface area contributed by atoms with Gasteiger partial charge in [-0.15, -0.1) is 0 Å². The average molecular weight is 323 g/mol. The van der Waals surface area contributed by atoms with Crippen molar-refractivity contribution in [3.63, 3.8) is 0 Å². The van der Waals surface area contributed by atoms with Crippen LogP contribution >= 0.6 is 15.9 Å². The quantitative estimate of drug-likeness (QED) is 0.751. The third-order valence-electron chi connectivity index (χ3n) is 5.50. The van der Waals surface area contributed by atoms with Gasteiger partial charge in [-0.2, -0.15) is 0 Å². The molecule has 0 aliphatic carbocycles. The zero-order chi connectivity index (χ0) is 13.3. The first kappa shape index (κ1) is 12.4. The van der Waals surface area contributed by atoms with Crippen molar-refractivity contribution in [1.82, 2.24) is 0 Å². The second-order valence-corrected chi connectivity index (χ2v) is 8.63. The number of hydrogen-bond acceptors (Lipinski definition) is 0. The largest absolute Gasteiger partial charge is 0.281 e. The SMILES string of the molecule is CC12C[NH+]3CC(C)(C[NH+](C1)C3c1ccccc1Br)C2. The second kappa shape index (κ2) is 3.84. The summed E-state index contributed by atoms with van der Waals surface area (Å²) in [5, 5.41) is 0. The molecule has 1 aromatic carbocycles. The lowest BCUT2D eigenvalue weighted by atomic mass is 9.63. The first-order valence-corrected chi connectivity index (χ1v) is 8.21. The predicted molar refractivity (Wildman–Crippen MR) is 79.1 cm³/mol. The van der Waals surface area contributed by atoms with Crippen molar-refractivity contribution >= 4 is 15.9 Å². The Balaban J connectivity index is 1.76. The molecule has 4 aliphatic heterocycles. The molecule has 1 aromatic rings. The molecule has 0 atom stereocenters. The lowest BCUT2D eigenvalue weighted by Crippen LogP contribution is -3.40. The molecule has 19 heavy (non-hydrogen) atoms. The number of halogens is 1. The van der Waals surface area contributed by atoms with E-state index in [1.54, 1.807) is 0 Å². The first-order chi connectivity index (χ1) is 8.98. The Labute approximate surface area is 123 Å². The summed E-state index contributed by atoms with van der Waals surface area (Å²) in [5.74, 6) is 0. The van der Waals surface area contributed by atoms with Gasteiger partial charge < -0.3 is 0 Å². The first-order valence-electron chi connectivity index (χ1n) is 7.42. The minimum Gasteiger partial charge on any atom is -0.281 e. The molecule has 4 saturated heterocycles. The summed E-state index contributed by atoms with van der Waals surface area (Å²) in [7, 11) is 0. The molecule has 102 valence electrons. The highest BCUT2D eigenvalue weighted by molar-refractivity contribution is 9.10. The van der Waals surface area contributed by atoms with Crippen LogP contribution in [0.2, 0.25) is 0 Å². The van der Waals surface area contributed by atoms with E-state index < -0.39 is 0 Å². The van der Waals surface area contributed by atoms with Gasteiger partial charge >= 0.3 is 0 Å². The fraction of sp³-hybridized carbons (Fsp3) is 0.625. The van der Waals surface area contributed by atoms with Gasteiger partial charge in [-0.25, -0.2) is 0 Å². The maximum atomic E-state index is 3.77. The van der Waals surface area contributed by atoms with Crippen molar-refractivity contribution in [1.29, 1.82) is 0 Å². The molecule has 0 unspecified atom stereocenters. The zero-order valence-corrected chi connectivity index (χ0v) is 13.4. The molecule has 4 bridgehead atoms. The van der Waals surface area contributed by atoms with Crippen LogP contribution in [0.15, 0.2) is 28.7 Å². The monoisotopic (exact) mass is 322 g/mol. The zero-order valence-electron chi connectivity index (χ0n) is 11.8. The van der Waals surface area contributed by atoms with E-state index in [-0.39, 0.29) is 0 Å². The summed E-state index contributed by atoms with van der Waals surface area (Å²) in [6.45, 7) is 10.5. The van der Waals surface area contributed by atoms with Crippen LogP contribution < -0.4 is 9.80 Å². The van der Waals surface area contributed by atoms with E-state index in [9.17, 15) is 0 Å². The van der Waals surface area contributed by atoms with Crippen molar-refractivity contribution in [2.45, 2.75) is 26.4 Å². The van der Waals surface area contributed by atoms with Crippen molar-refractivity contribution in [3.8, 4) is 0 Å². The van der Waals surface area contributed by atoms with E-state index in [0.29, 0.717) is 17.0 Å². The van der Waals surface area contributed by atoms with Gasteiger partial charge in [0.1, 0.15) is 0 Å². The maximum Gasteiger partial charge on any atom is 0.241 e. The van der Waals surface area contributed by atoms with E-state index in [2.05, 4.69) is 54.0 Å². The van der Waals surface area contributed by atoms with Gasteiger partial charge in [0.25, 0.3) is 0 Å². The van der Waals surface area contributed by atoms with Crippen LogP contribution in [0, 0.1) is 10.8 Å². The Morgan fingerprint density at radius 3 is 2.05 bits per heavy atom. The molecule has 2 nitrogen and oxygen atoms in total. The smallest absolute Gasteiger partial charge is 0.241 e. The Bertz CT molecular complexity index is 491. The molecule has 0 radical (unpaired) electrons. The summed E-state index contributed by atoms with van der Waals surface area (Å²) in [6.07, 6.45) is 2.09. The molecule has 0 amide bonds. The highest BCUT2D eigenvalue weighted by Crippen LogP contribution is 2.39. The van der Waals surface area contributed by atoms with Crippen LogP contribution in [0.5, 0.6) is 0 Å². The summed E-state index contributed by atoms with van der Waals surface area (Å²) < 4.78 is 1.29. The molecule has 4 aliphatic rings. The van der Waals surface area contributed by atoms with Gasteiger partial charge in [0, 0.05) is 4.47 Å². The van der Waals surface area contributed by atoms with Crippen LogP contribution in [0.1, 0.15) is 32.0 Å². The molecule has 0 spiro atoms. The number of piperidine rings is 2. The van der Waals surface area contributed by atoms with Gasteiger partial charge in [0.05, 0.1) is 42.6 Å². The molecular formula is C16H23BrN2+2. The molecule has 3 heteroatoms. The third-order valence-corrected chi connectivity index (χ3v) is 6.22. The van der Waals surface area contributed by atoms with E-state index >= 15 is 0 Å².